The highest BCUT2D eigenvalue weighted by atomic mass is 16.5. The molecule has 0 heterocycles. The number of ether oxygens (including phenoxy) is 1. The summed E-state index contributed by atoms with van der Waals surface area (Å²) in [6.07, 6.45) is 5.86. The Bertz CT molecular complexity index is 253. The minimum atomic E-state index is -0.0883. The second-order valence-corrected chi connectivity index (χ2v) is 4.89. The third kappa shape index (κ3) is 1.99. The number of carbonyl (C=O) groups excluding carboxylic acids is 1. The lowest BCUT2D eigenvalue weighted by atomic mass is 9.67. The fourth-order valence-corrected chi connectivity index (χ4v) is 1.88. The molecule has 1 atom stereocenters. The van der Waals surface area contributed by atoms with E-state index in [1.165, 1.54) is 0 Å². The van der Waals surface area contributed by atoms with Crippen LogP contribution in [-0.2, 0) is 9.53 Å². The number of esters is 1. The molecule has 2 nitrogen and oxygen atoms in total. The summed E-state index contributed by atoms with van der Waals surface area (Å²) < 4.78 is 4.99. The summed E-state index contributed by atoms with van der Waals surface area (Å²) in [5.41, 5.74) is 0.124. The van der Waals surface area contributed by atoms with E-state index in [9.17, 15) is 4.79 Å². The first-order valence-corrected chi connectivity index (χ1v) is 5.24. The first-order chi connectivity index (χ1) is 6.41. The zero-order chi connectivity index (χ0) is 10.8. The van der Waals surface area contributed by atoms with Crippen LogP contribution in [0.15, 0.2) is 12.2 Å². The fraction of sp³-hybridized carbons (Fsp3) is 0.750. The zero-order valence-corrected chi connectivity index (χ0v) is 9.59. The number of carbonyl (C=O) groups is 1. The molecule has 0 spiro atoms. The lowest BCUT2D eigenvalue weighted by Gasteiger charge is -2.37. The molecule has 0 aromatic heterocycles. The molecule has 0 aromatic carbocycles. The second kappa shape index (κ2) is 3.76. The highest BCUT2D eigenvalue weighted by Crippen LogP contribution is 2.50. The number of allylic oxidation sites excluding steroid dienone is 2. The van der Waals surface area contributed by atoms with Crippen LogP contribution in [0.2, 0.25) is 0 Å². The molecule has 0 unspecified atom stereocenters. The Labute approximate surface area is 86.3 Å². The van der Waals surface area contributed by atoms with Gasteiger partial charge in [-0.2, -0.15) is 0 Å². The summed E-state index contributed by atoms with van der Waals surface area (Å²) in [5, 5.41) is 0. The predicted octanol–water partition coefficient (Wildman–Crippen LogP) is 2.93. The topological polar surface area (TPSA) is 26.3 Å². The van der Waals surface area contributed by atoms with Gasteiger partial charge in [0.15, 0.2) is 0 Å². The van der Waals surface area contributed by atoms with Crippen molar-refractivity contribution in [2.45, 2.75) is 40.5 Å². The fourth-order valence-electron chi connectivity index (χ4n) is 1.88. The van der Waals surface area contributed by atoms with Gasteiger partial charge in [-0.1, -0.05) is 32.9 Å². The molecule has 80 valence electrons. The summed E-state index contributed by atoms with van der Waals surface area (Å²) in [6, 6.07) is 0. The number of rotatable bonds is 3. The molecular formula is C12H20O2. The molecule has 0 saturated heterocycles. The molecule has 2 heteroatoms. The SMILES string of the molecule is CCOC(=O)C[C@]1(C)C=CCC1(C)C. The zero-order valence-electron chi connectivity index (χ0n) is 9.59. The minimum Gasteiger partial charge on any atom is -0.466 e. The summed E-state index contributed by atoms with van der Waals surface area (Å²) in [7, 11) is 0. The molecule has 0 bridgehead atoms. The van der Waals surface area contributed by atoms with Crippen molar-refractivity contribution in [3.63, 3.8) is 0 Å². The van der Waals surface area contributed by atoms with Crippen LogP contribution in [0.4, 0.5) is 0 Å². The Morgan fingerprint density at radius 3 is 2.50 bits per heavy atom. The molecular weight excluding hydrogens is 176 g/mol. The summed E-state index contributed by atoms with van der Waals surface area (Å²) >= 11 is 0. The molecule has 0 aromatic rings. The van der Waals surface area contributed by atoms with Gasteiger partial charge in [-0.25, -0.2) is 0 Å². The van der Waals surface area contributed by atoms with Crippen LogP contribution >= 0.6 is 0 Å². The Morgan fingerprint density at radius 1 is 1.43 bits per heavy atom. The Hall–Kier alpha value is -0.790. The molecule has 0 radical (unpaired) electrons. The van der Waals surface area contributed by atoms with Gasteiger partial charge in [0.25, 0.3) is 0 Å². The van der Waals surface area contributed by atoms with E-state index in [-0.39, 0.29) is 16.8 Å². The molecule has 1 rings (SSSR count). The molecule has 1 aliphatic rings. The van der Waals surface area contributed by atoms with Gasteiger partial charge in [0, 0.05) is 5.41 Å². The molecule has 0 aliphatic heterocycles. The average Bonchev–Trinajstić information content (AvgIpc) is 2.26. The second-order valence-electron chi connectivity index (χ2n) is 4.89. The molecule has 0 N–H and O–H groups in total. The van der Waals surface area contributed by atoms with Crippen LogP contribution in [-0.4, -0.2) is 12.6 Å². The van der Waals surface area contributed by atoms with Crippen LogP contribution in [0.5, 0.6) is 0 Å². The largest absolute Gasteiger partial charge is 0.466 e. The van der Waals surface area contributed by atoms with Crippen LogP contribution in [0, 0.1) is 10.8 Å². The maximum absolute atomic E-state index is 11.4. The van der Waals surface area contributed by atoms with Gasteiger partial charge < -0.3 is 4.74 Å². The average molecular weight is 196 g/mol. The van der Waals surface area contributed by atoms with Crippen molar-refractivity contribution >= 4 is 5.97 Å². The van der Waals surface area contributed by atoms with Crippen molar-refractivity contribution in [3.8, 4) is 0 Å². The Kier molecular flexibility index (Phi) is 3.03. The molecule has 0 amide bonds. The monoisotopic (exact) mass is 196 g/mol. The van der Waals surface area contributed by atoms with Gasteiger partial charge in [0.1, 0.15) is 0 Å². The van der Waals surface area contributed by atoms with Crippen LogP contribution in [0.1, 0.15) is 40.5 Å². The van der Waals surface area contributed by atoms with E-state index in [1.54, 1.807) is 0 Å². The third-order valence-electron chi connectivity index (χ3n) is 3.48. The van der Waals surface area contributed by atoms with E-state index in [0.29, 0.717) is 13.0 Å². The number of hydrogen-bond donors (Lipinski definition) is 0. The van der Waals surface area contributed by atoms with E-state index >= 15 is 0 Å². The first kappa shape index (κ1) is 11.3. The summed E-state index contributed by atoms with van der Waals surface area (Å²) in [4.78, 5) is 11.4. The number of hydrogen-bond acceptors (Lipinski definition) is 2. The maximum atomic E-state index is 11.4. The molecule has 0 fully saturated rings. The van der Waals surface area contributed by atoms with Crippen molar-refractivity contribution in [2.24, 2.45) is 10.8 Å². The van der Waals surface area contributed by atoms with Crippen molar-refractivity contribution < 1.29 is 9.53 Å². The smallest absolute Gasteiger partial charge is 0.306 e. The van der Waals surface area contributed by atoms with Gasteiger partial charge in [0.2, 0.25) is 0 Å². The normalized spacial score (nSPS) is 29.1. The Balaban J connectivity index is 2.66. The first-order valence-electron chi connectivity index (χ1n) is 5.24. The van der Waals surface area contributed by atoms with E-state index < -0.39 is 0 Å². The van der Waals surface area contributed by atoms with Crippen LogP contribution in [0.3, 0.4) is 0 Å². The van der Waals surface area contributed by atoms with Crippen molar-refractivity contribution in [3.05, 3.63) is 12.2 Å². The van der Waals surface area contributed by atoms with Crippen molar-refractivity contribution in [1.82, 2.24) is 0 Å². The predicted molar refractivity (Wildman–Crippen MR) is 56.9 cm³/mol. The maximum Gasteiger partial charge on any atom is 0.306 e. The summed E-state index contributed by atoms with van der Waals surface area (Å²) in [6.45, 7) is 8.85. The van der Waals surface area contributed by atoms with E-state index in [4.69, 9.17) is 4.74 Å². The summed E-state index contributed by atoms with van der Waals surface area (Å²) in [5.74, 6) is -0.0883. The minimum absolute atomic E-state index is 0.0424. The standard InChI is InChI=1S/C12H20O2/c1-5-14-10(13)9-12(4)8-6-7-11(12,2)3/h6,8H,5,7,9H2,1-4H3/t12-/m0/s1. The van der Waals surface area contributed by atoms with E-state index in [2.05, 4.69) is 32.9 Å². The Morgan fingerprint density at radius 2 is 2.07 bits per heavy atom. The highest BCUT2D eigenvalue weighted by Gasteiger charge is 2.43. The van der Waals surface area contributed by atoms with Gasteiger partial charge in [-0.15, -0.1) is 0 Å². The van der Waals surface area contributed by atoms with Crippen LogP contribution in [0.25, 0.3) is 0 Å². The van der Waals surface area contributed by atoms with Crippen molar-refractivity contribution in [2.75, 3.05) is 6.61 Å². The molecule has 14 heavy (non-hydrogen) atoms. The quantitative estimate of drug-likeness (QED) is 0.512. The van der Waals surface area contributed by atoms with Gasteiger partial charge in [0.05, 0.1) is 13.0 Å². The van der Waals surface area contributed by atoms with Gasteiger partial charge in [-0.05, 0) is 18.8 Å². The molecule has 0 saturated carbocycles. The van der Waals surface area contributed by atoms with E-state index in [1.807, 2.05) is 6.92 Å². The van der Waals surface area contributed by atoms with Crippen molar-refractivity contribution in [1.29, 1.82) is 0 Å². The van der Waals surface area contributed by atoms with E-state index in [0.717, 1.165) is 6.42 Å². The highest BCUT2D eigenvalue weighted by molar-refractivity contribution is 5.71. The lowest BCUT2D eigenvalue weighted by Crippen LogP contribution is -2.32. The van der Waals surface area contributed by atoms with Crippen LogP contribution < -0.4 is 0 Å². The van der Waals surface area contributed by atoms with Gasteiger partial charge >= 0.3 is 5.97 Å². The third-order valence-corrected chi connectivity index (χ3v) is 3.48. The lowest BCUT2D eigenvalue weighted by molar-refractivity contribution is -0.146. The molecule has 1 aliphatic carbocycles. The van der Waals surface area contributed by atoms with Gasteiger partial charge in [-0.3, -0.25) is 4.79 Å².